The van der Waals surface area contributed by atoms with Crippen LogP contribution in [0.5, 0.6) is 5.75 Å². The van der Waals surface area contributed by atoms with Gasteiger partial charge in [-0.05, 0) is 72.8 Å². The molecular weight excluding hydrogens is 384 g/mol. The van der Waals surface area contributed by atoms with Crippen molar-refractivity contribution in [1.29, 1.82) is 0 Å². The molecule has 0 fully saturated rings. The Morgan fingerprint density at radius 2 is 1.35 bits per heavy atom. The van der Waals surface area contributed by atoms with Gasteiger partial charge >= 0.3 is 0 Å². The molecule has 0 aliphatic rings. The Kier molecular flexibility index (Phi) is 4.68. The molecule has 4 heteroatoms. The molecule has 1 aromatic heterocycles. The van der Waals surface area contributed by atoms with Gasteiger partial charge in [-0.15, -0.1) is 0 Å². The molecule has 0 aliphatic heterocycles. The molecule has 0 bridgehead atoms. The zero-order valence-electron chi connectivity index (χ0n) is 17.4. The molecule has 4 nitrogen and oxygen atoms in total. The summed E-state index contributed by atoms with van der Waals surface area (Å²) >= 11 is 0. The normalized spacial score (nSPS) is 11.0. The minimum Gasteiger partial charge on any atom is -0.497 e. The first kappa shape index (κ1) is 18.9. The first-order chi connectivity index (χ1) is 15.2. The Morgan fingerprint density at radius 3 is 2.03 bits per heavy atom. The van der Waals surface area contributed by atoms with Crippen LogP contribution in [0.2, 0.25) is 0 Å². The topological polar surface area (TPSA) is 34.5 Å². The van der Waals surface area contributed by atoms with Gasteiger partial charge in [0, 0.05) is 51.5 Å². The summed E-state index contributed by atoms with van der Waals surface area (Å²) in [4.78, 5) is 13.3. The van der Waals surface area contributed by atoms with Crippen molar-refractivity contribution in [2.45, 2.75) is 0 Å². The third kappa shape index (κ3) is 3.22. The van der Waals surface area contributed by atoms with Crippen molar-refractivity contribution in [3.05, 3.63) is 96.6 Å². The second-order valence-electron chi connectivity index (χ2n) is 7.52. The Morgan fingerprint density at radius 1 is 0.742 bits per heavy atom. The van der Waals surface area contributed by atoms with Gasteiger partial charge in [0.05, 0.1) is 7.11 Å². The van der Waals surface area contributed by atoms with Crippen LogP contribution < -0.4 is 9.64 Å². The minimum absolute atomic E-state index is 0.655. The van der Waals surface area contributed by atoms with Gasteiger partial charge < -0.3 is 14.2 Å². The van der Waals surface area contributed by atoms with Crippen LogP contribution in [0.4, 0.5) is 17.1 Å². The van der Waals surface area contributed by atoms with Gasteiger partial charge in [-0.3, -0.25) is 4.79 Å². The number of aromatic nitrogens is 1. The molecule has 0 saturated carbocycles. The van der Waals surface area contributed by atoms with Crippen molar-refractivity contribution >= 4 is 45.2 Å². The average Bonchev–Trinajstić information content (AvgIpc) is 3.12. The smallest absolute Gasteiger partial charge is 0.150 e. The third-order valence-corrected chi connectivity index (χ3v) is 5.77. The molecule has 31 heavy (non-hydrogen) atoms. The number of hydrogen-bond donors (Lipinski definition) is 0. The zero-order chi connectivity index (χ0) is 21.4. The highest BCUT2D eigenvalue weighted by molar-refractivity contribution is 6.09. The summed E-state index contributed by atoms with van der Waals surface area (Å²) in [5, 5.41) is 2.44. The summed E-state index contributed by atoms with van der Waals surface area (Å²) in [6, 6.07) is 30.6. The Hall–Kier alpha value is -4.05. The highest BCUT2D eigenvalue weighted by Gasteiger charge is 2.15. The maximum Gasteiger partial charge on any atom is 0.150 e. The number of anilines is 3. The Bertz CT molecular complexity index is 1380. The van der Waals surface area contributed by atoms with Gasteiger partial charge in [-0.25, -0.2) is 0 Å². The molecular formula is C27H22N2O2. The van der Waals surface area contributed by atoms with Crippen molar-refractivity contribution in [3.63, 3.8) is 0 Å². The third-order valence-electron chi connectivity index (χ3n) is 5.77. The van der Waals surface area contributed by atoms with E-state index in [1.165, 1.54) is 21.8 Å². The second-order valence-corrected chi connectivity index (χ2v) is 7.52. The fraction of sp³-hybridized carbons (Fsp3) is 0.0741. The van der Waals surface area contributed by atoms with Gasteiger partial charge in [0.25, 0.3) is 0 Å². The van der Waals surface area contributed by atoms with E-state index in [1.54, 1.807) is 7.11 Å². The number of aryl methyl sites for hydroxylation is 1. The molecule has 0 N–H and O–H groups in total. The van der Waals surface area contributed by atoms with E-state index in [0.29, 0.717) is 5.56 Å². The van der Waals surface area contributed by atoms with Gasteiger partial charge in [-0.2, -0.15) is 0 Å². The number of hydrogen-bond acceptors (Lipinski definition) is 3. The van der Waals surface area contributed by atoms with E-state index in [0.717, 1.165) is 29.1 Å². The number of aldehydes is 1. The van der Waals surface area contributed by atoms with Crippen molar-refractivity contribution in [3.8, 4) is 5.75 Å². The highest BCUT2D eigenvalue weighted by Crippen LogP contribution is 2.38. The maximum atomic E-state index is 11.1. The summed E-state index contributed by atoms with van der Waals surface area (Å²) in [6.07, 6.45) is 0.865. The molecule has 152 valence electrons. The van der Waals surface area contributed by atoms with Crippen LogP contribution in [-0.2, 0) is 7.05 Å². The first-order valence-corrected chi connectivity index (χ1v) is 10.2. The van der Waals surface area contributed by atoms with Crippen LogP contribution in [0.15, 0.2) is 91.0 Å². The van der Waals surface area contributed by atoms with Gasteiger partial charge in [0.1, 0.15) is 12.0 Å². The monoisotopic (exact) mass is 406 g/mol. The van der Waals surface area contributed by atoms with E-state index in [-0.39, 0.29) is 0 Å². The number of rotatable bonds is 5. The van der Waals surface area contributed by atoms with Crippen molar-refractivity contribution in [2.24, 2.45) is 7.05 Å². The highest BCUT2D eigenvalue weighted by atomic mass is 16.5. The lowest BCUT2D eigenvalue weighted by molar-refractivity contribution is 0.112. The number of methoxy groups -OCH3 is 1. The fourth-order valence-electron chi connectivity index (χ4n) is 4.18. The summed E-state index contributed by atoms with van der Waals surface area (Å²) in [7, 11) is 3.77. The number of fused-ring (bicyclic) bond motifs is 3. The maximum absolute atomic E-state index is 11.1. The van der Waals surface area contributed by atoms with E-state index in [2.05, 4.69) is 59.0 Å². The number of carbonyl (C=O) groups is 1. The van der Waals surface area contributed by atoms with E-state index in [1.807, 2.05) is 48.5 Å². The first-order valence-electron chi connectivity index (χ1n) is 10.2. The lowest BCUT2D eigenvalue weighted by atomic mass is 10.1. The number of ether oxygens (including phenoxy) is 1. The Labute approximate surface area is 180 Å². The average molecular weight is 406 g/mol. The lowest BCUT2D eigenvalue weighted by Gasteiger charge is -2.26. The predicted octanol–water partition coefficient (Wildman–Crippen LogP) is 6.62. The van der Waals surface area contributed by atoms with E-state index < -0.39 is 0 Å². The van der Waals surface area contributed by atoms with E-state index >= 15 is 0 Å². The number of nitrogens with zero attached hydrogens (tertiary/aromatic N) is 2. The molecule has 0 radical (unpaired) electrons. The van der Waals surface area contributed by atoms with Crippen LogP contribution in [0.25, 0.3) is 21.8 Å². The van der Waals surface area contributed by atoms with Gasteiger partial charge in [0.2, 0.25) is 0 Å². The van der Waals surface area contributed by atoms with Crippen LogP contribution >= 0.6 is 0 Å². The fourth-order valence-corrected chi connectivity index (χ4v) is 4.18. The predicted molar refractivity (Wildman–Crippen MR) is 127 cm³/mol. The standard InChI is InChI=1S/C27H22N2O2/c1-28-26-6-4-3-5-24(26)25-17-22(13-16-27(25)28)29(20-9-7-19(18-30)8-10-20)21-11-14-23(31-2)15-12-21/h3-18H,1-2H3. The van der Waals surface area contributed by atoms with Crippen molar-refractivity contribution in [1.82, 2.24) is 4.57 Å². The van der Waals surface area contributed by atoms with Crippen LogP contribution in [-0.4, -0.2) is 18.0 Å². The van der Waals surface area contributed by atoms with Crippen LogP contribution in [0.3, 0.4) is 0 Å². The minimum atomic E-state index is 0.655. The quantitative estimate of drug-likeness (QED) is 0.308. The van der Waals surface area contributed by atoms with Crippen molar-refractivity contribution in [2.75, 3.05) is 12.0 Å². The molecule has 0 spiro atoms. The van der Waals surface area contributed by atoms with Crippen LogP contribution in [0, 0.1) is 0 Å². The van der Waals surface area contributed by atoms with Crippen molar-refractivity contribution < 1.29 is 9.53 Å². The van der Waals surface area contributed by atoms with E-state index in [4.69, 9.17) is 4.74 Å². The van der Waals surface area contributed by atoms with E-state index in [9.17, 15) is 4.79 Å². The lowest BCUT2D eigenvalue weighted by Crippen LogP contribution is -2.10. The number of para-hydroxylation sites is 1. The molecule has 0 saturated heterocycles. The molecule has 5 aromatic rings. The molecule has 0 atom stereocenters. The summed E-state index contributed by atoms with van der Waals surface area (Å²) in [6.45, 7) is 0. The largest absolute Gasteiger partial charge is 0.497 e. The summed E-state index contributed by atoms with van der Waals surface area (Å²) in [5.74, 6) is 0.810. The summed E-state index contributed by atoms with van der Waals surface area (Å²) in [5.41, 5.74) is 6.10. The molecule has 0 amide bonds. The molecule has 4 aromatic carbocycles. The zero-order valence-corrected chi connectivity index (χ0v) is 17.4. The number of benzene rings is 4. The van der Waals surface area contributed by atoms with Gasteiger partial charge in [0.15, 0.2) is 0 Å². The Balaban J connectivity index is 1.72. The van der Waals surface area contributed by atoms with Crippen LogP contribution in [0.1, 0.15) is 10.4 Å². The number of carbonyl (C=O) groups excluding carboxylic acids is 1. The summed E-state index contributed by atoms with van der Waals surface area (Å²) < 4.78 is 7.57. The molecule has 1 heterocycles. The molecule has 5 rings (SSSR count). The molecule has 0 aliphatic carbocycles. The molecule has 0 unspecified atom stereocenters. The van der Waals surface area contributed by atoms with Gasteiger partial charge in [-0.1, -0.05) is 18.2 Å². The SMILES string of the molecule is COc1ccc(N(c2ccc(C=O)cc2)c2ccc3c(c2)c2ccccc2n3C)cc1. The second kappa shape index (κ2) is 7.65.